The Kier molecular flexibility index (Phi) is 4.86. The highest BCUT2D eigenvalue weighted by atomic mass is 16.5. The molecule has 24 heavy (non-hydrogen) atoms. The Morgan fingerprint density at radius 1 is 1.21 bits per heavy atom. The number of rotatable bonds is 4. The molecule has 2 heterocycles. The van der Waals surface area contributed by atoms with E-state index in [0.717, 1.165) is 18.4 Å². The first-order valence-electron chi connectivity index (χ1n) is 7.88. The minimum absolute atomic E-state index is 0.176. The summed E-state index contributed by atoms with van der Waals surface area (Å²) >= 11 is 0. The van der Waals surface area contributed by atoms with E-state index in [1.165, 1.54) is 0 Å². The van der Waals surface area contributed by atoms with Gasteiger partial charge >= 0.3 is 0 Å². The van der Waals surface area contributed by atoms with Gasteiger partial charge in [0.05, 0.1) is 0 Å². The third-order valence-electron chi connectivity index (χ3n) is 3.77. The summed E-state index contributed by atoms with van der Waals surface area (Å²) in [5.41, 5.74) is 2.04. The van der Waals surface area contributed by atoms with Crippen LogP contribution in [0.3, 0.4) is 0 Å². The van der Waals surface area contributed by atoms with E-state index < -0.39 is 6.10 Å². The predicted octanol–water partition coefficient (Wildman–Crippen LogP) is 2.76. The zero-order valence-corrected chi connectivity index (χ0v) is 13.4. The fraction of sp³-hybridized carbons (Fsp3) is 0.278. The number of hydrogen-bond donors (Lipinski definition) is 2. The summed E-state index contributed by atoms with van der Waals surface area (Å²) in [6, 6.07) is 10.4. The van der Waals surface area contributed by atoms with Gasteiger partial charge in [0.2, 0.25) is 0 Å². The maximum Gasteiger partial charge on any atom is 0.256 e. The Balaban J connectivity index is 1.66. The monoisotopic (exact) mass is 325 g/mol. The van der Waals surface area contributed by atoms with E-state index in [1.54, 1.807) is 36.5 Å². The Morgan fingerprint density at radius 3 is 2.79 bits per heavy atom. The molecule has 1 aromatic heterocycles. The number of anilines is 2. The quantitative estimate of drug-likeness (QED) is 0.906. The largest absolute Gasteiger partial charge is 0.368 e. The molecule has 2 aromatic rings. The smallest absolute Gasteiger partial charge is 0.256 e. The molecule has 1 fully saturated rings. The molecule has 1 aliphatic rings. The minimum Gasteiger partial charge on any atom is -0.368 e. The second-order valence-corrected chi connectivity index (χ2v) is 5.75. The minimum atomic E-state index is -0.403. The Morgan fingerprint density at radius 2 is 2.08 bits per heavy atom. The number of ether oxygens (including phenoxy) is 1. The van der Waals surface area contributed by atoms with Gasteiger partial charge < -0.3 is 15.4 Å². The summed E-state index contributed by atoms with van der Waals surface area (Å²) in [5, 5.41) is 5.52. The molecule has 0 bridgehead atoms. The predicted molar refractivity (Wildman–Crippen MR) is 91.0 cm³/mol. The molecule has 2 N–H and O–H groups in total. The fourth-order valence-corrected chi connectivity index (χ4v) is 2.48. The van der Waals surface area contributed by atoms with Crippen LogP contribution < -0.4 is 10.6 Å². The first kappa shape index (κ1) is 16.1. The van der Waals surface area contributed by atoms with Gasteiger partial charge in [0.15, 0.2) is 0 Å². The molecule has 1 unspecified atom stereocenters. The third-order valence-corrected chi connectivity index (χ3v) is 3.77. The molecule has 0 radical (unpaired) electrons. The second-order valence-electron chi connectivity index (χ2n) is 5.75. The van der Waals surface area contributed by atoms with Crippen LogP contribution in [0.4, 0.5) is 11.5 Å². The second kappa shape index (κ2) is 7.23. The van der Waals surface area contributed by atoms with E-state index in [0.29, 0.717) is 23.7 Å². The molecule has 124 valence electrons. The van der Waals surface area contributed by atoms with Gasteiger partial charge in [-0.2, -0.15) is 0 Å². The van der Waals surface area contributed by atoms with Gasteiger partial charge in [-0.25, -0.2) is 4.98 Å². The molecular formula is C18H19N3O3. The van der Waals surface area contributed by atoms with Crippen molar-refractivity contribution < 1.29 is 14.3 Å². The fourth-order valence-electron chi connectivity index (χ4n) is 2.48. The van der Waals surface area contributed by atoms with Gasteiger partial charge in [-0.15, -0.1) is 0 Å². The maximum atomic E-state index is 12.3. The molecule has 0 saturated carbocycles. The zero-order valence-electron chi connectivity index (χ0n) is 13.4. The van der Waals surface area contributed by atoms with Gasteiger partial charge in [0.25, 0.3) is 11.8 Å². The van der Waals surface area contributed by atoms with Crippen molar-refractivity contribution >= 4 is 23.3 Å². The number of pyridine rings is 1. The highest BCUT2D eigenvalue weighted by molar-refractivity contribution is 6.05. The third kappa shape index (κ3) is 3.97. The van der Waals surface area contributed by atoms with Crippen LogP contribution in [0, 0.1) is 6.92 Å². The van der Waals surface area contributed by atoms with Gasteiger partial charge in [0.1, 0.15) is 11.9 Å². The number of nitrogens with one attached hydrogen (secondary N) is 2. The zero-order chi connectivity index (χ0) is 16.9. The first-order valence-corrected chi connectivity index (χ1v) is 7.88. The standard InChI is InChI=1S/C18H19N3O3/c1-12-7-8-16(19-11-12)21-17(22)13-4-2-5-14(10-13)20-18(23)15-6-3-9-24-15/h2,4-5,7-8,10-11,15H,3,6,9H2,1H3,(H,20,23)(H,19,21,22). The van der Waals surface area contributed by atoms with Crippen molar-refractivity contribution in [1.82, 2.24) is 4.98 Å². The van der Waals surface area contributed by atoms with Crippen LogP contribution in [0.2, 0.25) is 0 Å². The molecule has 1 aromatic carbocycles. The summed E-state index contributed by atoms with van der Waals surface area (Å²) in [6.07, 6.45) is 2.91. The van der Waals surface area contributed by atoms with Gasteiger partial charge in [0, 0.05) is 24.1 Å². The van der Waals surface area contributed by atoms with Crippen LogP contribution >= 0.6 is 0 Å². The topological polar surface area (TPSA) is 80.3 Å². The molecule has 6 nitrogen and oxygen atoms in total. The Hall–Kier alpha value is -2.73. The molecule has 3 rings (SSSR count). The first-order chi connectivity index (χ1) is 11.6. The highest BCUT2D eigenvalue weighted by Crippen LogP contribution is 2.17. The lowest BCUT2D eigenvalue weighted by Gasteiger charge is -2.11. The molecule has 2 amide bonds. The van der Waals surface area contributed by atoms with E-state index in [1.807, 2.05) is 13.0 Å². The van der Waals surface area contributed by atoms with Crippen LogP contribution in [0.25, 0.3) is 0 Å². The van der Waals surface area contributed by atoms with Crippen LogP contribution in [0.1, 0.15) is 28.8 Å². The number of benzene rings is 1. The summed E-state index contributed by atoms with van der Waals surface area (Å²) in [7, 11) is 0. The van der Waals surface area contributed by atoms with Crippen molar-refractivity contribution in [3.05, 3.63) is 53.7 Å². The lowest BCUT2D eigenvalue weighted by molar-refractivity contribution is -0.124. The van der Waals surface area contributed by atoms with Crippen LogP contribution in [-0.2, 0) is 9.53 Å². The SMILES string of the molecule is Cc1ccc(NC(=O)c2cccc(NC(=O)C3CCCO3)c2)nc1. The van der Waals surface area contributed by atoms with Crippen molar-refractivity contribution in [1.29, 1.82) is 0 Å². The number of hydrogen-bond acceptors (Lipinski definition) is 4. The van der Waals surface area contributed by atoms with Crippen molar-refractivity contribution in [3.8, 4) is 0 Å². The Labute approximate surface area is 140 Å². The van der Waals surface area contributed by atoms with Gasteiger partial charge in [-0.1, -0.05) is 12.1 Å². The van der Waals surface area contributed by atoms with Crippen molar-refractivity contribution in [2.75, 3.05) is 17.2 Å². The summed E-state index contributed by atoms with van der Waals surface area (Å²) in [4.78, 5) is 28.5. The number of carbonyl (C=O) groups excluding carboxylic acids is 2. The van der Waals surface area contributed by atoms with E-state index in [9.17, 15) is 9.59 Å². The van der Waals surface area contributed by atoms with Gasteiger partial charge in [-0.05, 0) is 49.6 Å². The molecule has 1 aliphatic heterocycles. The molecule has 1 atom stereocenters. The van der Waals surface area contributed by atoms with Crippen molar-refractivity contribution in [2.24, 2.45) is 0 Å². The number of aryl methyl sites for hydroxylation is 1. The van der Waals surface area contributed by atoms with Crippen LogP contribution in [-0.4, -0.2) is 29.5 Å². The van der Waals surface area contributed by atoms with Crippen molar-refractivity contribution in [2.45, 2.75) is 25.9 Å². The summed E-state index contributed by atoms with van der Waals surface area (Å²) < 4.78 is 5.35. The number of nitrogens with zero attached hydrogens (tertiary/aromatic N) is 1. The molecule has 0 spiro atoms. The van der Waals surface area contributed by atoms with E-state index in [-0.39, 0.29) is 11.8 Å². The summed E-state index contributed by atoms with van der Waals surface area (Å²) in [6.45, 7) is 2.54. The van der Waals surface area contributed by atoms with Gasteiger partial charge in [-0.3, -0.25) is 9.59 Å². The van der Waals surface area contributed by atoms with E-state index in [4.69, 9.17) is 4.74 Å². The molecule has 6 heteroatoms. The number of aromatic nitrogens is 1. The average molecular weight is 325 g/mol. The summed E-state index contributed by atoms with van der Waals surface area (Å²) in [5.74, 6) is 0.0317. The normalized spacial score (nSPS) is 16.6. The highest BCUT2D eigenvalue weighted by Gasteiger charge is 2.23. The van der Waals surface area contributed by atoms with Crippen LogP contribution in [0.5, 0.6) is 0 Å². The molecule has 0 aliphatic carbocycles. The van der Waals surface area contributed by atoms with E-state index >= 15 is 0 Å². The lowest BCUT2D eigenvalue weighted by Crippen LogP contribution is -2.27. The molecular weight excluding hydrogens is 306 g/mol. The van der Waals surface area contributed by atoms with E-state index in [2.05, 4.69) is 15.6 Å². The lowest BCUT2D eigenvalue weighted by atomic mass is 10.1. The molecule has 1 saturated heterocycles. The van der Waals surface area contributed by atoms with Crippen molar-refractivity contribution in [3.63, 3.8) is 0 Å². The average Bonchev–Trinajstić information content (AvgIpc) is 3.12. The number of carbonyl (C=O) groups is 2. The van der Waals surface area contributed by atoms with Crippen LogP contribution in [0.15, 0.2) is 42.6 Å². The maximum absolute atomic E-state index is 12.3. The number of amides is 2. The Bertz CT molecular complexity index is 737.